The molecule has 0 atom stereocenters. The Morgan fingerprint density at radius 3 is 2.51 bits per heavy atom. The zero-order chi connectivity index (χ0) is 24.5. The molecule has 4 rings (SSSR count). The average molecular weight is 539 g/mol. The summed E-state index contributed by atoms with van der Waals surface area (Å²) in [4.78, 5) is 27.2. The summed E-state index contributed by atoms with van der Waals surface area (Å²) in [5.74, 6) is 0.489. The van der Waals surface area contributed by atoms with Crippen molar-refractivity contribution >= 4 is 80.5 Å². The SMILES string of the molecule is O=C(CCCN1C(=O)/C(=C\c2ccccc2)SC1=S)Nc1nnc(SC/C=C/c2ccccc2)s1. The van der Waals surface area contributed by atoms with Gasteiger partial charge in [0.2, 0.25) is 11.0 Å². The van der Waals surface area contributed by atoms with Crippen LogP contribution in [0.15, 0.2) is 76.0 Å². The topological polar surface area (TPSA) is 75.2 Å². The van der Waals surface area contributed by atoms with Crippen molar-refractivity contribution in [2.24, 2.45) is 0 Å². The molecule has 1 aliphatic heterocycles. The van der Waals surface area contributed by atoms with E-state index in [0.29, 0.717) is 27.3 Å². The predicted octanol–water partition coefficient (Wildman–Crippen LogP) is 5.96. The number of anilines is 1. The van der Waals surface area contributed by atoms with E-state index < -0.39 is 0 Å². The number of amides is 2. The molecule has 1 saturated heterocycles. The fourth-order valence-electron chi connectivity index (χ4n) is 3.16. The molecule has 0 radical (unpaired) electrons. The fourth-order valence-corrected chi connectivity index (χ4v) is 6.07. The van der Waals surface area contributed by atoms with Crippen LogP contribution in [0, 0.1) is 0 Å². The summed E-state index contributed by atoms with van der Waals surface area (Å²) in [6.07, 6.45) is 6.74. The minimum atomic E-state index is -0.160. The number of aromatic nitrogens is 2. The number of thiocarbonyl (C=S) groups is 1. The van der Waals surface area contributed by atoms with E-state index in [9.17, 15) is 9.59 Å². The smallest absolute Gasteiger partial charge is 0.266 e. The van der Waals surface area contributed by atoms with E-state index >= 15 is 0 Å². The van der Waals surface area contributed by atoms with Crippen LogP contribution < -0.4 is 5.32 Å². The molecule has 0 spiro atoms. The van der Waals surface area contributed by atoms with E-state index in [1.807, 2.05) is 66.7 Å². The number of carbonyl (C=O) groups is 2. The van der Waals surface area contributed by atoms with Gasteiger partial charge in [0, 0.05) is 18.7 Å². The van der Waals surface area contributed by atoms with E-state index in [1.54, 1.807) is 16.7 Å². The normalized spacial score (nSPS) is 14.9. The lowest BCUT2D eigenvalue weighted by atomic mass is 10.2. The molecule has 2 aromatic carbocycles. The Labute approximate surface area is 221 Å². The Morgan fingerprint density at radius 2 is 1.77 bits per heavy atom. The van der Waals surface area contributed by atoms with Gasteiger partial charge in [0.1, 0.15) is 4.32 Å². The summed E-state index contributed by atoms with van der Waals surface area (Å²) in [5.41, 5.74) is 2.10. The van der Waals surface area contributed by atoms with E-state index in [-0.39, 0.29) is 18.2 Å². The standard InChI is InChI=1S/C25H22N4O2S4/c30-21(26-23-27-28-24(35-23)33-16-8-13-18-9-3-1-4-10-18)14-7-15-29-22(31)20(34-25(29)32)17-19-11-5-2-6-12-19/h1-6,8-13,17H,7,14-16H2,(H,26,27,30)/b13-8+,20-17+. The zero-order valence-electron chi connectivity index (χ0n) is 18.6. The highest BCUT2D eigenvalue weighted by Crippen LogP contribution is 2.32. The summed E-state index contributed by atoms with van der Waals surface area (Å²) in [6, 6.07) is 19.8. The number of rotatable bonds is 10. The summed E-state index contributed by atoms with van der Waals surface area (Å²) >= 11 is 9.57. The van der Waals surface area contributed by atoms with Crippen molar-refractivity contribution < 1.29 is 9.59 Å². The molecule has 2 amide bonds. The third-order valence-corrected chi connectivity index (χ3v) is 8.12. The monoisotopic (exact) mass is 538 g/mol. The molecule has 10 heteroatoms. The van der Waals surface area contributed by atoms with Crippen molar-refractivity contribution in [3.8, 4) is 0 Å². The van der Waals surface area contributed by atoms with Crippen LogP contribution in [0.1, 0.15) is 24.0 Å². The summed E-state index contributed by atoms with van der Waals surface area (Å²) < 4.78 is 1.31. The molecule has 0 bridgehead atoms. The van der Waals surface area contributed by atoms with E-state index in [2.05, 4.69) is 27.7 Å². The van der Waals surface area contributed by atoms with Gasteiger partial charge in [0.15, 0.2) is 4.34 Å². The van der Waals surface area contributed by atoms with E-state index in [0.717, 1.165) is 21.2 Å². The first-order valence-corrected chi connectivity index (χ1v) is 13.9. The van der Waals surface area contributed by atoms with Crippen molar-refractivity contribution in [2.75, 3.05) is 17.6 Å². The Morgan fingerprint density at radius 1 is 1.06 bits per heavy atom. The molecular formula is C25H22N4O2S4. The number of hydrogen-bond donors (Lipinski definition) is 1. The molecule has 1 aliphatic rings. The van der Waals surface area contributed by atoms with Gasteiger partial charge in [-0.3, -0.25) is 14.5 Å². The Hall–Kier alpha value is -2.79. The van der Waals surface area contributed by atoms with Gasteiger partial charge in [0.05, 0.1) is 4.91 Å². The van der Waals surface area contributed by atoms with Gasteiger partial charge in [-0.25, -0.2) is 0 Å². The highest BCUT2D eigenvalue weighted by molar-refractivity contribution is 8.26. The second kappa shape index (κ2) is 12.8. The van der Waals surface area contributed by atoms with Gasteiger partial charge in [0.25, 0.3) is 5.91 Å². The first-order valence-electron chi connectivity index (χ1n) is 10.9. The Balaban J connectivity index is 1.19. The minimum Gasteiger partial charge on any atom is -0.301 e. The van der Waals surface area contributed by atoms with Crippen LogP contribution in [-0.2, 0) is 9.59 Å². The third-order valence-electron chi connectivity index (χ3n) is 4.82. The van der Waals surface area contributed by atoms with Crippen LogP contribution in [-0.4, -0.2) is 43.5 Å². The van der Waals surface area contributed by atoms with Gasteiger partial charge in [-0.05, 0) is 23.6 Å². The molecule has 178 valence electrons. The highest BCUT2D eigenvalue weighted by Gasteiger charge is 2.31. The Bertz CT molecular complexity index is 1240. The maximum absolute atomic E-state index is 12.7. The maximum atomic E-state index is 12.7. The van der Waals surface area contributed by atoms with Gasteiger partial charge < -0.3 is 5.32 Å². The largest absolute Gasteiger partial charge is 0.301 e. The third kappa shape index (κ3) is 7.60. The van der Waals surface area contributed by atoms with Crippen LogP contribution >= 0.6 is 47.1 Å². The molecule has 6 nitrogen and oxygen atoms in total. The molecule has 0 unspecified atom stereocenters. The number of nitrogens with zero attached hydrogens (tertiary/aromatic N) is 3. The van der Waals surface area contributed by atoms with Crippen molar-refractivity contribution in [1.29, 1.82) is 0 Å². The number of nitrogens with one attached hydrogen (secondary N) is 1. The number of benzene rings is 2. The quantitative estimate of drug-likeness (QED) is 0.148. The molecule has 1 fully saturated rings. The summed E-state index contributed by atoms with van der Waals surface area (Å²) in [7, 11) is 0. The Kier molecular flexibility index (Phi) is 9.24. The first-order chi connectivity index (χ1) is 17.1. The van der Waals surface area contributed by atoms with Crippen LogP contribution in [0.4, 0.5) is 5.13 Å². The van der Waals surface area contributed by atoms with Gasteiger partial charge >= 0.3 is 0 Å². The predicted molar refractivity (Wildman–Crippen MR) is 150 cm³/mol. The van der Waals surface area contributed by atoms with E-state index in [1.165, 1.54) is 23.1 Å². The second-order valence-electron chi connectivity index (χ2n) is 7.39. The molecule has 0 saturated carbocycles. The summed E-state index contributed by atoms with van der Waals surface area (Å²) in [6.45, 7) is 0.398. The molecule has 0 aliphatic carbocycles. The lowest BCUT2D eigenvalue weighted by Gasteiger charge is -2.13. The lowest BCUT2D eigenvalue weighted by molar-refractivity contribution is -0.122. The van der Waals surface area contributed by atoms with Crippen molar-refractivity contribution in [2.45, 2.75) is 17.2 Å². The fraction of sp³-hybridized carbons (Fsp3) is 0.160. The molecule has 2 heterocycles. The lowest BCUT2D eigenvalue weighted by Crippen LogP contribution is -2.29. The number of hydrogen-bond acceptors (Lipinski definition) is 8. The molecule has 1 aromatic heterocycles. The maximum Gasteiger partial charge on any atom is 0.266 e. The summed E-state index contributed by atoms with van der Waals surface area (Å²) in [5, 5.41) is 11.4. The van der Waals surface area contributed by atoms with Gasteiger partial charge in [-0.15, -0.1) is 10.2 Å². The number of thioether (sulfide) groups is 2. The molecule has 1 N–H and O–H groups in total. The first kappa shape index (κ1) is 25.3. The van der Waals surface area contributed by atoms with Crippen LogP contribution in [0.25, 0.3) is 12.2 Å². The molecule has 35 heavy (non-hydrogen) atoms. The number of carbonyl (C=O) groups excluding carboxylic acids is 2. The molecular weight excluding hydrogens is 517 g/mol. The highest BCUT2D eigenvalue weighted by atomic mass is 32.2. The molecule has 3 aromatic rings. The zero-order valence-corrected chi connectivity index (χ0v) is 21.9. The van der Waals surface area contributed by atoms with E-state index in [4.69, 9.17) is 12.2 Å². The van der Waals surface area contributed by atoms with Crippen LogP contribution in [0.5, 0.6) is 0 Å². The van der Waals surface area contributed by atoms with Crippen molar-refractivity contribution in [3.05, 3.63) is 82.8 Å². The van der Waals surface area contributed by atoms with Gasteiger partial charge in [-0.2, -0.15) is 0 Å². The van der Waals surface area contributed by atoms with Crippen LogP contribution in [0.2, 0.25) is 0 Å². The van der Waals surface area contributed by atoms with Crippen LogP contribution in [0.3, 0.4) is 0 Å². The van der Waals surface area contributed by atoms with Crippen molar-refractivity contribution in [1.82, 2.24) is 15.1 Å². The average Bonchev–Trinajstić information content (AvgIpc) is 3.42. The van der Waals surface area contributed by atoms with Crippen molar-refractivity contribution in [3.63, 3.8) is 0 Å². The van der Waals surface area contributed by atoms with Gasteiger partial charge in [-0.1, -0.05) is 120 Å². The second-order valence-corrected chi connectivity index (χ2v) is 11.3. The minimum absolute atomic E-state index is 0.114.